The summed E-state index contributed by atoms with van der Waals surface area (Å²) in [6, 6.07) is 5.72. The zero-order valence-electron chi connectivity index (χ0n) is 9.43. The monoisotopic (exact) mass is 207 g/mol. The number of methoxy groups -OCH3 is 1. The van der Waals surface area contributed by atoms with Crippen LogP contribution in [0, 0.1) is 11.8 Å². The van der Waals surface area contributed by atoms with Gasteiger partial charge in [0.05, 0.1) is 13.0 Å². The van der Waals surface area contributed by atoms with Gasteiger partial charge in [0, 0.05) is 18.3 Å². The van der Waals surface area contributed by atoms with Crippen LogP contribution in [0.25, 0.3) is 0 Å². The summed E-state index contributed by atoms with van der Waals surface area (Å²) >= 11 is 0. The van der Waals surface area contributed by atoms with Gasteiger partial charge in [0.25, 0.3) is 0 Å². The van der Waals surface area contributed by atoms with Crippen molar-refractivity contribution in [2.75, 3.05) is 7.11 Å². The van der Waals surface area contributed by atoms with Crippen LogP contribution < -0.4 is 0 Å². The second-order valence-corrected chi connectivity index (χ2v) is 3.90. The van der Waals surface area contributed by atoms with Gasteiger partial charge in [-0.3, -0.25) is 9.78 Å². The van der Waals surface area contributed by atoms with Gasteiger partial charge in [0.2, 0.25) is 0 Å². The van der Waals surface area contributed by atoms with Crippen molar-refractivity contribution in [2.24, 2.45) is 11.8 Å². The van der Waals surface area contributed by atoms with E-state index in [0.29, 0.717) is 6.42 Å². The first kappa shape index (κ1) is 11.7. The Bertz CT molecular complexity index is 309. The summed E-state index contributed by atoms with van der Waals surface area (Å²) in [5, 5.41) is 0. The van der Waals surface area contributed by atoms with Gasteiger partial charge >= 0.3 is 5.97 Å². The predicted molar refractivity (Wildman–Crippen MR) is 58.3 cm³/mol. The lowest BCUT2D eigenvalue weighted by molar-refractivity contribution is -0.147. The Kier molecular flexibility index (Phi) is 4.28. The van der Waals surface area contributed by atoms with E-state index < -0.39 is 0 Å². The average molecular weight is 207 g/mol. The number of carbonyl (C=O) groups excluding carboxylic acids is 1. The number of esters is 1. The highest BCUT2D eigenvalue weighted by Crippen LogP contribution is 2.17. The number of hydrogen-bond acceptors (Lipinski definition) is 3. The Labute approximate surface area is 90.5 Å². The molecule has 0 amide bonds. The molecule has 0 bridgehead atoms. The first-order valence-electron chi connectivity index (χ1n) is 5.13. The normalized spacial score (nSPS) is 12.5. The summed E-state index contributed by atoms with van der Waals surface area (Å²) in [6.07, 6.45) is 2.38. The lowest BCUT2D eigenvalue weighted by Gasteiger charge is -2.17. The Hall–Kier alpha value is -1.38. The number of carbonyl (C=O) groups is 1. The van der Waals surface area contributed by atoms with E-state index in [4.69, 9.17) is 4.74 Å². The molecule has 1 atom stereocenters. The van der Waals surface area contributed by atoms with E-state index in [9.17, 15) is 4.79 Å². The second-order valence-electron chi connectivity index (χ2n) is 3.90. The minimum absolute atomic E-state index is 0.107. The number of ether oxygens (including phenoxy) is 1. The largest absolute Gasteiger partial charge is 0.469 e. The van der Waals surface area contributed by atoms with Gasteiger partial charge < -0.3 is 4.74 Å². The van der Waals surface area contributed by atoms with E-state index >= 15 is 0 Å². The topological polar surface area (TPSA) is 39.2 Å². The molecule has 1 aromatic rings. The molecule has 0 fully saturated rings. The average Bonchev–Trinajstić information content (AvgIpc) is 2.26. The molecule has 0 N–H and O–H groups in total. The van der Waals surface area contributed by atoms with Crippen molar-refractivity contribution >= 4 is 5.97 Å². The lowest BCUT2D eigenvalue weighted by Crippen LogP contribution is -2.24. The zero-order valence-corrected chi connectivity index (χ0v) is 9.43. The fraction of sp³-hybridized carbons (Fsp3) is 0.500. The summed E-state index contributed by atoms with van der Waals surface area (Å²) in [7, 11) is 1.43. The van der Waals surface area contributed by atoms with E-state index in [2.05, 4.69) is 4.98 Å². The fourth-order valence-corrected chi connectivity index (χ4v) is 1.49. The maximum atomic E-state index is 11.5. The van der Waals surface area contributed by atoms with Gasteiger partial charge in [-0.2, -0.15) is 0 Å². The van der Waals surface area contributed by atoms with Crippen LogP contribution in [-0.4, -0.2) is 18.1 Å². The van der Waals surface area contributed by atoms with Gasteiger partial charge in [-0.1, -0.05) is 19.9 Å². The Morgan fingerprint density at radius 3 is 2.67 bits per heavy atom. The summed E-state index contributed by atoms with van der Waals surface area (Å²) in [6.45, 7) is 4.04. The van der Waals surface area contributed by atoms with E-state index in [-0.39, 0.29) is 17.8 Å². The highest BCUT2D eigenvalue weighted by molar-refractivity contribution is 5.72. The molecule has 3 heteroatoms. The standard InChI is InChI=1S/C12H17NO2/c1-9(2)11(12(14)15-3)8-10-6-4-5-7-13-10/h4-7,9,11H,8H2,1-3H3. The number of hydrogen-bond donors (Lipinski definition) is 0. The van der Waals surface area contributed by atoms with Crippen LogP contribution in [0.5, 0.6) is 0 Å². The molecule has 0 spiro atoms. The van der Waals surface area contributed by atoms with E-state index in [1.165, 1.54) is 7.11 Å². The molecular weight excluding hydrogens is 190 g/mol. The maximum absolute atomic E-state index is 11.5. The van der Waals surface area contributed by atoms with Crippen molar-refractivity contribution < 1.29 is 9.53 Å². The van der Waals surface area contributed by atoms with Gasteiger partial charge in [-0.05, 0) is 18.1 Å². The smallest absolute Gasteiger partial charge is 0.309 e. The number of nitrogens with zero attached hydrogens (tertiary/aromatic N) is 1. The SMILES string of the molecule is COC(=O)C(Cc1ccccn1)C(C)C. The van der Waals surface area contributed by atoms with Gasteiger partial charge in [-0.25, -0.2) is 0 Å². The molecule has 0 saturated heterocycles. The molecule has 0 aliphatic carbocycles. The molecular formula is C12H17NO2. The summed E-state index contributed by atoms with van der Waals surface area (Å²) < 4.78 is 4.78. The van der Waals surface area contributed by atoms with Gasteiger partial charge in [-0.15, -0.1) is 0 Å². The molecule has 1 unspecified atom stereocenters. The molecule has 3 nitrogen and oxygen atoms in total. The van der Waals surface area contributed by atoms with Crippen molar-refractivity contribution in [3.05, 3.63) is 30.1 Å². The minimum Gasteiger partial charge on any atom is -0.469 e. The molecule has 1 rings (SSSR count). The van der Waals surface area contributed by atoms with Crippen LogP contribution >= 0.6 is 0 Å². The van der Waals surface area contributed by atoms with Gasteiger partial charge in [0.1, 0.15) is 0 Å². The third-order valence-electron chi connectivity index (χ3n) is 2.46. The quantitative estimate of drug-likeness (QED) is 0.709. The molecule has 0 saturated carbocycles. The van der Waals surface area contributed by atoms with E-state index in [1.807, 2.05) is 32.0 Å². The molecule has 82 valence electrons. The van der Waals surface area contributed by atoms with Crippen molar-refractivity contribution in [3.63, 3.8) is 0 Å². The highest BCUT2D eigenvalue weighted by Gasteiger charge is 2.23. The molecule has 1 aromatic heterocycles. The third kappa shape index (κ3) is 3.35. The molecule has 15 heavy (non-hydrogen) atoms. The molecule has 0 aliphatic rings. The Morgan fingerprint density at radius 1 is 1.47 bits per heavy atom. The van der Waals surface area contributed by atoms with Crippen LogP contribution in [-0.2, 0) is 16.0 Å². The van der Waals surface area contributed by atoms with Crippen LogP contribution in [0.2, 0.25) is 0 Å². The fourth-order valence-electron chi connectivity index (χ4n) is 1.49. The highest BCUT2D eigenvalue weighted by atomic mass is 16.5. The first-order chi connectivity index (χ1) is 7.15. The van der Waals surface area contributed by atoms with Crippen LogP contribution in [0.1, 0.15) is 19.5 Å². The molecule has 0 aromatic carbocycles. The first-order valence-corrected chi connectivity index (χ1v) is 5.13. The van der Waals surface area contributed by atoms with E-state index in [0.717, 1.165) is 5.69 Å². The summed E-state index contributed by atoms with van der Waals surface area (Å²) in [5.74, 6) is 0.00000850. The Morgan fingerprint density at radius 2 is 2.20 bits per heavy atom. The van der Waals surface area contributed by atoms with Crippen LogP contribution in [0.4, 0.5) is 0 Å². The van der Waals surface area contributed by atoms with Crippen molar-refractivity contribution in [1.29, 1.82) is 0 Å². The van der Waals surface area contributed by atoms with Crippen molar-refractivity contribution in [3.8, 4) is 0 Å². The zero-order chi connectivity index (χ0) is 11.3. The number of rotatable bonds is 4. The lowest BCUT2D eigenvalue weighted by atomic mass is 9.91. The molecule has 1 heterocycles. The second kappa shape index (κ2) is 5.49. The van der Waals surface area contributed by atoms with Crippen molar-refractivity contribution in [2.45, 2.75) is 20.3 Å². The maximum Gasteiger partial charge on any atom is 0.309 e. The van der Waals surface area contributed by atoms with Crippen molar-refractivity contribution in [1.82, 2.24) is 4.98 Å². The molecule has 0 radical (unpaired) electrons. The predicted octanol–water partition coefficient (Wildman–Crippen LogP) is 2.07. The summed E-state index contributed by atoms with van der Waals surface area (Å²) in [4.78, 5) is 15.7. The van der Waals surface area contributed by atoms with Gasteiger partial charge in [0.15, 0.2) is 0 Å². The minimum atomic E-state index is -0.157. The molecule has 0 aliphatic heterocycles. The number of aromatic nitrogens is 1. The summed E-state index contributed by atoms with van der Waals surface area (Å²) in [5.41, 5.74) is 0.932. The van der Waals surface area contributed by atoms with E-state index in [1.54, 1.807) is 6.20 Å². The van der Waals surface area contributed by atoms with Crippen LogP contribution in [0.3, 0.4) is 0 Å². The van der Waals surface area contributed by atoms with Crippen LogP contribution in [0.15, 0.2) is 24.4 Å². The number of pyridine rings is 1. The Balaban J connectivity index is 2.72. The third-order valence-corrected chi connectivity index (χ3v) is 2.46.